The van der Waals surface area contributed by atoms with Gasteiger partial charge in [-0.1, -0.05) is 27.7 Å². The molecule has 11 nitrogen and oxygen atoms in total. The first-order chi connectivity index (χ1) is 33.1. The zero-order valence-corrected chi connectivity index (χ0v) is 43.6. The number of carboxylic acid groups (broad SMARTS) is 1. The van der Waals surface area contributed by atoms with Crippen molar-refractivity contribution in [2.75, 3.05) is 93.6 Å². The van der Waals surface area contributed by atoms with Crippen molar-refractivity contribution in [3.05, 3.63) is 70.0 Å². The number of aliphatic carboxylic acids is 1. The Morgan fingerprint density at radius 2 is 1.13 bits per heavy atom. The van der Waals surface area contributed by atoms with Crippen molar-refractivity contribution < 1.29 is 41.0 Å². The van der Waals surface area contributed by atoms with Gasteiger partial charge in [0, 0.05) is 77.9 Å². The number of carboxylic acids is 1. The van der Waals surface area contributed by atoms with Gasteiger partial charge in [0.2, 0.25) is 5.91 Å². The fraction of sp³-hybridized carbons (Fsp3) is 0.667. The molecule has 2 saturated heterocycles. The van der Waals surface area contributed by atoms with Gasteiger partial charge in [-0.15, -0.1) is 0 Å². The number of halogens is 6. The second kappa shape index (κ2) is 22.5. The van der Waals surface area contributed by atoms with Crippen LogP contribution in [0.25, 0.3) is 21.8 Å². The maximum atomic E-state index is 13.4. The molecule has 4 aromatic rings. The monoisotopic (exact) mass is 1000 g/mol. The van der Waals surface area contributed by atoms with Gasteiger partial charge in [-0.3, -0.25) is 9.59 Å². The summed E-state index contributed by atoms with van der Waals surface area (Å²) in [6, 6.07) is 8.05. The van der Waals surface area contributed by atoms with Crippen LogP contribution in [0.15, 0.2) is 36.4 Å². The Bertz CT molecular complexity index is 2440. The second-order valence-electron chi connectivity index (χ2n) is 22.8. The van der Waals surface area contributed by atoms with Gasteiger partial charge in [0.15, 0.2) is 0 Å². The minimum atomic E-state index is -4.35. The van der Waals surface area contributed by atoms with Gasteiger partial charge in [-0.2, -0.15) is 26.3 Å². The summed E-state index contributed by atoms with van der Waals surface area (Å²) in [5.41, 5.74) is 8.66. The molecule has 17 heteroatoms. The predicted octanol–water partition coefficient (Wildman–Crippen LogP) is 9.67. The van der Waals surface area contributed by atoms with Crippen LogP contribution in [0, 0.1) is 34.5 Å². The van der Waals surface area contributed by atoms with Crippen molar-refractivity contribution in [3.63, 3.8) is 0 Å². The number of hydrogen-bond acceptors (Lipinski definition) is 7. The summed E-state index contributed by atoms with van der Waals surface area (Å²) in [5, 5.41) is 13.8. The van der Waals surface area contributed by atoms with Gasteiger partial charge in [-0.05, 0) is 190 Å². The quantitative estimate of drug-likeness (QED) is 0.0836. The van der Waals surface area contributed by atoms with Crippen LogP contribution in [0.5, 0.6) is 0 Å². The van der Waals surface area contributed by atoms with Crippen molar-refractivity contribution in [1.82, 2.24) is 34.9 Å². The van der Waals surface area contributed by atoms with Gasteiger partial charge in [-0.25, -0.2) is 0 Å². The van der Waals surface area contributed by atoms with Gasteiger partial charge >= 0.3 is 18.3 Å². The Morgan fingerprint density at radius 1 is 0.704 bits per heavy atom. The number of H-pyrrole nitrogens is 2. The first kappa shape index (κ1) is 56.1. The number of alkyl halides is 6. The van der Waals surface area contributed by atoms with E-state index in [1.165, 1.54) is 18.2 Å². The molecule has 2 fully saturated rings. The highest BCUT2D eigenvalue weighted by Crippen LogP contribution is 2.49. The standard InChI is InChI=1S/C27H39F3N4O.C23H29F3N2O2.C4H12N2/c1-17-21-16-34(12-9-26(2,3)25(35)31-10-13-33(4)5)11-8-18(21)14-23-24(17)20-15-19(27(28,29)30)6-7-22(20)32-23;1-13-17-12-28(9-7-22(2,3)21(29)30)8-6-14(17)10-19-20(13)16-11-15(23(24,25)26)4-5-18(16)27-19;1-6(2)4-3-5/h6-7,15,17-18,21,32H,8-14,16H2,1-5H3,(H,31,35);4-5,11,13-14,17,27H,6-10,12H2,1-3H3,(H,29,30);3-5H2,1-2H3/t17-,18-,21-;13-,14-,17-;/m11./s1. The predicted molar refractivity (Wildman–Crippen MR) is 271 cm³/mol. The molecular formula is C54H80F6N8O3. The number of carbonyl (C=O) groups excluding carboxylic acids is 1. The molecule has 2 aromatic carbocycles. The molecular weight excluding hydrogens is 923 g/mol. The van der Waals surface area contributed by atoms with Crippen LogP contribution < -0.4 is 11.1 Å². The van der Waals surface area contributed by atoms with Crippen LogP contribution >= 0.6 is 0 Å². The van der Waals surface area contributed by atoms with E-state index < -0.39 is 40.3 Å². The molecule has 2 aliphatic carbocycles. The SMILES string of the molecule is CN(C)CCN.C[C@H]1c2c([nH]c3ccc(C(F)(F)F)cc23)C[C@H]2CCN(CCC(C)(C)C(=O)NCCN(C)C)C[C@@H]21.C[C@H]1c2c([nH]c3ccc(C(F)(F)F)cc23)C[C@H]2CCN(CCC(C)(C)C(=O)O)C[C@@H]21. The average molecular weight is 1000 g/mol. The lowest BCUT2D eigenvalue weighted by atomic mass is 9.68. The summed E-state index contributed by atoms with van der Waals surface area (Å²) in [7, 11) is 7.99. The van der Waals surface area contributed by atoms with Crippen LogP contribution in [0.4, 0.5) is 26.3 Å². The average Bonchev–Trinajstić information content (AvgIpc) is 3.85. The third-order valence-electron chi connectivity index (χ3n) is 16.1. The van der Waals surface area contributed by atoms with E-state index >= 15 is 0 Å². The fourth-order valence-corrected chi connectivity index (χ4v) is 11.4. The Hall–Kier alpha value is -4.16. The molecule has 2 aliphatic heterocycles. The number of fused-ring (bicyclic) bond motifs is 8. The number of rotatable bonds is 13. The first-order valence-electron chi connectivity index (χ1n) is 25.5. The molecule has 0 saturated carbocycles. The van der Waals surface area contributed by atoms with E-state index in [0.29, 0.717) is 47.4 Å². The number of nitrogens with two attached hydrogens (primary N) is 1. The summed E-state index contributed by atoms with van der Waals surface area (Å²) in [5.74, 6) is 1.46. The molecule has 6 N–H and O–H groups in total. The Labute approximate surface area is 416 Å². The maximum absolute atomic E-state index is 13.4. The molecule has 6 atom stereocenters. The summed E-state index contributed by atoms with van der Waals surface area (Å²) in [6.07, 6.45) is -3.45. The van der Waals surface area contributed by atoms with Crippen LogP contribution in [0.2, 0.25) is 0 Å². The van der Waals surface area contributed by atoms with Crippen molar-refractivity contribution in [1.29, 1.82) is 0 Å². The van der Waals surface area contributed by atoms with E-state index in [9.17, 15) is 41.0 Å². The van der Waals surface area contributed by atoms with Crippen LogP contribution in [-0.2, 0) is 34.8 Å². The first-order valence-corrected chi connectivity index (χ1v) is 25.5. The second-order valence-corrected chi connectivity index (χ2v) is 22.8. The molecule has 2 aromatic heterocycles. The number of carbonyl (C=O) groups is 2. The molecule has 0 spiro atoms. The van der Waals surface area contributed by atoms with Crippen LogP contribution in [-0.4, -0.2) is 140 Å². The molecule has 0 unspecified atom stereocenters. The summed E-state index contributed by atoms with van der Waals surface area (Å²) in [4.78, 5) is 39.8. The number of hydrogen-bond donors (Lipinski definition) is 5. The summed E-state index contributed by atoms with van der Waals surface area (Å²) < 4.78 is 79.8. The highest BCUT2D eigenvalue weighted by Gasteiger charge is 2.43. The smallest absolute Gasteiger partial charge is 0.416 e. The number of piperidine rings is 2. The number of likely N-dealkylation sites (tertiary alicyclic amines) is 2. The Morgan fingerprint density at radius 3 is 1.49 bits per heavy atom. The van der Waals surface area contributed by atoms with Crippen LogP contribution in [0.3, 0.4) is 0 Å². The van der Waals surface area contributed by atoms with Crippen molar-refractivity contribution in [2.24, 2.45) is 40.2 Å². The molecule has 396 valence electrons. The number of aromatic amines is 2. The number of nitrogens with zero attached hydrogens (tertiary/aromatic N) is 4. The molecule has 1 amide bonds. The van der Waals surface area contributed by atoms with Gasteiger partial charge in [0.05, 0.1) is 16.5 Å². The molecule has 4 aliphatic rings. The molecule has 0 radical (unpaired) electrons. The molecule has 71 heavy (non-hydrogen) atoms. The highest BCUT2D eigenvalue weighted by molar-refractivity contribution is 5.87. The van der Waals surface area contributed by atoms with Crippen molar-refractivity contribution in [2.45, 2.75) is 104 Å². The Kier molecular flexibility index (Phi) is 17.8. The minimum Gasteiger partial charge on any atom is -0.481 e. The third-order valence-corrected chi connectivity index (χ3v) is 16.1. The maximum Gasteiger partial charge on any atom is 0.416 e. The van der Waals surface area contributed by atoms with E-state index in [1.807, 2.05) is 46.9 Å². The summed E-state index contributed by atoms with van der Waals surface area (Å²) >= 11 is 0. The van der Waals surface area contributed by atoms with E-state index in [1.54, 1.807) is 26.0 Å². The van der Waals surface area contributed by atoms with Crippen molar-refractivity contribution in [3.8, 4) is 0 Å². The lowest BCUT2D eigenvalue weighted by Gasteiger charge is -2.45. The number of nitrogens with one attached hydrogen (secondary N) is 3. The van der Waals surface area contributed by atoms with Crippen molar-refractivity contribution >= 4 is 33.7 Å². The third kappa shape index (κ3) is 13.5. The largest absolute Gasteiger partial charge is 0.481 e. The van der Waals surface area contributed by atoms with Crippen LogP contribution in [0.1, 0.15) is 113 Å². The van der Waals surface area contributed by atoms with Gasteiger partial charge in [0.25, 0.3) is 0 Å². The molecule has 8 rings (SSSR count). The van der Waals surface area contributed by atoms with E-state index in [-0.39, 0.29) is 17.7 Å². The lowest BCUT2D eigenvalue weighted by molar-refractivity contribution is -0.147. The minimum absolute atomic E-state index is 0.0872. The zero-order chi connectivity index (χ0) is 52.4. The normalized spacial score (nSPS) is 23.0. The lowest BCUT2D eigenvalue weighted by Crippen LogP contribution is -2.47. The number of amides is 1. The zero-order valence-electron chi connectivity index (χ0n) is 43.6. The highest BCUT2D eigenvalue weighted by atomic mass is 19.4. The number of likely N-dealkylation sites (N-methyl/N-ethyl adjacent to an activating group) is 2. The molecule has 4 heterocycles. The topological polar surface area (TPSA) is 137 Å². The van der Waals surface area contributed by atoms with Gasteiger partial charge in [0.1, 0.15) is 0 Å². The van der Waals surface area contributed by atoms with E-state index in [0.717, 1.165) is 131 Å². The Balaban J connectivity index is 0.000000210. The van der Waals surface area contributed by atoms with Gasteiger partial charge < -0.3 is 45.7 Å². The van der Waals surface area contributed by atoms with E-state index in [2.05, 4.69) is 43.8 Å². The fourth-order valence-electron chi connectivity index (χ4n) is 11.4. The number of aromatic nitrogens is 2. The molecule has 0 bridgehead atoms. The number of benzene rings is 2. The summed E-state index contributed by atoms with van der Waals surface area (Å²) in [6.45, 7) is 20.3. The van der Waals surface area contributed by atoms with E-state index in [4.69, 9.17) is 5.73 Å².